The van der Waals surface area contributed by atoms with E-state index in [1.807, 2.05) is 11.8 Å². The lowest BCUT2D eigenvalue weighted by atomic mass is 10.1. The maximum absolute atomic E-state index is 4.47. The summed E-state index contributed by atoms with van der Waals surface area (Å²) in [7, 11) is 0. The molecule has 0 saturated heterocycles. The first kappa shape index (κ1) is 23.6. The largest absolute Gasteiger partial charge is 0.365 e. The molecule has 0 aliphatic carbocycles. The molecule has 2 nitrogen and oxygen atoms in total. The van der Waals surface area contributed by atoms with Crippen LogP contribution < -0.4 is 5.32 Å². The molecule has 0 aromatic carbocycles. The standard InChI is InChI=1S/C17H36N2S.BrH/c1-4-7-8-9-10-11-12-13-14-15-16-20-17(18-5-2)19-6-3;/h4-16H2,1-3H3,(H,18,19);1H. The fraction of sp³-hybridized carbons (Fsp3) is 0.941. The molecule has 0 aliphatic heterocycles. The van der Waals surface area contributed by atoms with Crippen LogP contribution in [0.4, 0.5) is 0 Å². The van der Waals surface area contributed by atoms with E-state index < -0.39 is 0 Å². The van der Waals surface area contributed by atoms with E-state index in [0.717, 1.165) is 18.3 Å². The van der Waals surface area contributed by atoms with Gasteiger partial charge in [0.15, 0.2) is 5.17 Å². The maximum Gasteiger partial charge on any atom is 0.156 e. The van der Waals surface area contributed by atoms with Gasteiger partial charge in [0, 0.05) is 18.8 Å². The Hall–Kier alpha value is 0.300. The van der Waals surface area contributed by atoms with Crippen molar-refractivity contribution < 1.29 is 0 Å². The predicted molar refractivity (Wildman–Crippen MR) is 106 cm³/mol. The molecule has 0 aromatic heterocycles. The summed E-state index contributed by atoms with van der Waals surface area (Å²) in [5.74, 6) is 1.21. The smallest absolute Gasteiger partial charge is 0.156 e. The number of thioether (sulfide) groups is 1. The Balaban J connectivity index is 0. The molecule has 1 N–H and O–H groups in total. The quantitative estimate of drug-likeness (QED) is 0.233. The highest BCUT2D eigenvalue weighted by Gasteiger charge is 1.98. The second-order valence-electron chi connectivity index (χ2n) is 5.34. The SMILES string of the molecule is Br.CCCCCCCCCCCCSC(=NCC)NCC. The Kier molecular flexibility index (Phi) is 22.8. The average molecular weight is 381 g/mol. The van der Waals surface area contributed by atoms with Crippen molar-refractivity contribution in [2.24, 2.45) is 4.99 Å². The van der Waals surface area contributed by atoms with E-state index in [4.69, 9.17) is 0 Å². The molecule has 0 aliphatic rings. The van der Waals surface area contributed by atoms with Crippen molar-refractivity contribution in [3.63, 3.8) is 0 Å². The van der Waals surface area contributed by atoms with Crippen molar-refractivity contribution in [1.82, 2.24) is 5.32 Å². The van der Waals surface area contributed by atoms with Crippen LogP contribution in [0.5, 0.6) is 0 Å². The van der Waals surface area contributed by atoms with E-state index in [0.29, 0.717) is 0 Å². The third-order valence-corrected chi connectivity index (χ3v) is 4.41. The first-order valence-corrected chi connectivity index (χ1v) is 9.74. The number of amidine groups is 1. The van der Waals surface area contributed by atoms with E-state index in [2.05, 4.69) is 31.1 Å². The molecule has 0 rings (SSSR count). The van der Waals surface area contributed by atoms with Gasteiger partial charge in [-0.1, -0.05) is 76.5 Å². The zero-order chi connectivity index (χ0) is 14.9. The van der Waals surface area contributed by atoms with Gasteiger partial charge in [0.25, 0.3) is 0 Å². The molecule has 0 atom stereocenters. The molecule has 0 saturated carbocycles. The number of halogens is 1. The van der Waals surface area contributed by atoms with E-state index in [1.54, 1.807) is 0 Å². The van der Waals surface area contributed by atoms with E-state index >= 15 is 0 Å². The first-order valence-electron chi connectivity index (χ1n) is 8.76. The van der Waals surface area contributed by atoms with E-state index in [-0.39, 0.29) is 17.0 Å². The fourth-order valence-corrected chi connectivity index (χ4v) is 3.21. The molecule has 0 heterocycles. The molecular weight excluding hydrogens is 344 g/mol. The lowest BCUT2D eigenvalue weighted by Gasteiger charge is -2.07. The number of nitrogens with one attached hydrogen (secondary N) is 1. The molecular formula is C17H37BrN2S. The highest BCUT2D eigenvalue weighted by atomic mass is 79.9. The minimum atomic E-state index is 0. The van der Waals surface area contributed by atoms with Gasteiger partial charge in [-0.3, -0.25) is 4.99 Å². The highest BCUT2D eigenvalue weighted by Crippen LogP contribution is 2.12. The van der Waals surface area contributed by atoms with Gasteiger partial charge in [-0.15, -0.1) is 17.0 Å². The Bertz CT molecular complexity index is 223. The van der Waals surface area contributed by atoms with Gasteiger partial charge >= 0.3 is 0 Å². The Morgan fingerprint density at radius 3 is 1.81 bits per heavy atom. The fourth-order valence-electron chi connectivity index (χ4n) is 2.21. The van der Waals surface area contributed by atoms with E-state index in [1.165, 1.54) is 70.0 Å². The molecule has 0 unspecified atom stereocenters. The summed E-state index contributed by atoms with van der Waals surface area (Å²) in [6.45, 7) is 8.37. The summed E-state index contributed by atoms with van der Waals surface area (Å²) in [5, 5.41) is 4.46. The number of hydrogen-bond donors (Lipinski definition) is 1. The van der Waals surface area contributed by atoms with Crippen LogP contribution in [-0.4, -0.2) is 24.0 Å². The normalized spacial score (nSPS) is 11.3. The molecule has 0 bridgehead atoms. The molecule has 0 amide bonds. The van der Waals surface area contributed by atoms with Gasteiger partial charge < -0.3 is 5.32 Å². The van der Waals surface area contributed by atoms with Gasteiger partial charge in [-0.05, 0) is 20.3 Å². The summed E-state index contributed by atoms with van der Waals surface area (Å²) in [5.41, 5.74) is 0. The third kappa shape index (κ3) is 18.3. The van der Waals surface area contributed by atoms with Crippen molar-refractivity contribution in [2.45, 2.75) is 85.0 Å². The number of rotatable bonds is 13. The van der Waals surface area contributed by atoms with Gasteiger partial charge in [0.2, 0.25) is 0 Å². The summed E-state index contributed by atoms with van der Waals surface area (Å²) in [6.07, 6.45) is 14.1. The molecule has 4 heteroatoms. The zero-order valence-corrected chi connectivity index (χ0v) is 17.0. The van der Waals surface area contributed by atoms with Crippen LogP contribution in [-0.2, 0) is 0 Å². The Morgan fingerprint density at radius 2 is 1.33 bits per heavy atom. The second-order valence-corrected chi connectivity index (χ2v) is 6.42. The van der Waals surface area contributed by atoms with Crippen LogP contribution in [0.2, 0.25) is 0 Å². The average Bonchev–Trinajstić information content (AvgIpc) is 2.45. The number of hydrogen-bond acceptors (Lipinski definition) is 2. The maximum atomic E-state index is 4.47. The van der Waals surface area contributed by atoms with Crippen LogP contribution in [0.15, 0.2) is 4.99 Å². The van der Waals surface area contributed by atoms with Crippen molar-refractivity contribution in [2.75, 3.05) is 18.8 Å². The topological polar surface area (TPSA) is 24.4 Å². The number of unbranched alkanes of at least 4 members (excludes halogenated alkanes) is 9. The van der Waals surface area contributed by atoms with Crippen LogP contribution >= 0.6 is 28.7 Å². The lowest BCUT2D eigenvalue weighted by Crippen LogP contribution is -2.20. The minimum absolute atomic E-state index is 0. The van der Waals surface area contributed by atoms with Gasteiger partial charge in [-0.2, -0.15) is 0 Å². The number of nitrogens with zero attached hydrogens (tertiary/aromatic N) is 1. The molecule has 0 spiro atoms. The summed E-state index contributed by atoms with van der Waals surface area (Å²) in [6, 6.07) is 0. The predicted octanol–water partition coefficient (Wildman–Crippen LogP) is 6.20. The first-order chi connectivity index (χ1) is 9.85. The Labute approximate surface area is 148 Å². The summed E-state index contributed by atoms with van der Waals surface area (Å²) in [4.78, 5) is 4.47. The molecule has 0 aromatic rings. The van der Waals surface area contributed by atoms with Crippen LogP contribution in [0.3, 0.4) is 0 Å². The van der Waals surface area contributed by atoms with Crippen LogP contribution in [0.1, 0.15) is 85.0 Å². The molecule has 0 fully saturated rings. The Morgan fingerprint density at radius 1 is 0.810 bits per heavy atom. The van der Waals surface area contributed by atoms with Gasteiger partial charge in [-0.25, -0.2) is 0 Å². The van der Waals surface area contributed by atoms with Crippen molar-refractivity contribution in [3.8, 4) is 0 Å². The van der Waals surface area contributed by atoms with Gasteiger partial charge in [0.05, 0.1) is 0 Å². The minimum Gasteiger partial charge on any atom is -0.365 e. The van der Waals surface area contributed by atoms with Crippen LogP contribution in [0.25, 0.3) is 0 Å². The monoisotopic (exact) mass is 380 g/mol. The number of aliphatic imine (C=N–C) groups is 1. The highest BCUT2D eigenvalue weighted by molar-refractivity contribution is 8.93. The summed E-state index contributed by atoms with van der Waals surface area (Å²) < 4.78 is 0. The van der Waals surface area contributed by atoms with E-state index in [9.17, 15) is 0 Å². The van der Waals surface area contributed by atoms with Gasteiger partial charge in [0.1, 0.15) is 0 Å². The molecule has 128 valence electrons. The third-order valence-electron chi connectivity index (χ3n) is 3.37. The van der Waals surface area contributed by atoms with Crippen molar-refractivity contribution >= 4 is 33.9 Å². The zero-order valence-electron chi connectivity index (χ0n) is 14.5. The molecule has 0 radical (unpaired) electrons. The summed E-state index contributed by atoms with van der Waals surface area (Å²) >= 11 is 1.89. The van der Waals surface area contributed by atoms with Crippen molar-refractivity contribution in [1.29, 1.82) is 0 Å². The van der Waals surface area contributed by atoms with Crippen molar-refractivity contribution in [3.05, 3.63) is 0 Å². The second kappa shape index (κ2) is 20.3. The molecule has 21 heavy (non-hydrogen) atoms. The lowest BCUT2D eigenvalue weighted by molar-refractivity contribution is 0.563. The van der Waals surface area contributed by atoms with Crippen LogP contribution in [0, 0.1) is 0 Å².